The first kappa shape index (κ1) is 34.1. The second kappa shape index (κ2) is 13.6. The van der Waals surface area contributed by atoms with E-state index in [-0.39, 0.29) is 78.9 Å². The molecule has 0 unspecified atom stereocenters. The zero-order valence-electron chi connectivity index (χ0n) is 26.2. The Morgan fingerprint density at radius 1 is 1.12 bits per heavy atom. The molecule has 3 aliphatic heterocycles. The van der Waals surface area contributed by atoms with Gasteiger partial charge in [-0.25, -0.2) is 9.97 Å². The third kappa shape index (κ3) is 7.04. The van der Waals surface area contributed by atoms with Gasteiger partial charge in [0.1, 0.15) is 11.9 Å². The normalized spacial score (nSPS) is 18.0. The van der Waals surface area contributed by atoms with Crippen LogP contribution in [-0.4, -0.2) is 97.7 Å². The van der Waals surface area contributed by atoms with Crippen molar-refractivity contribution in [1.82, 2.24) is 35.2 Å². The SMILES string of the molecule is Cc1ncnc(C(=O)N2CCC3(CC2)OCCC(NCC(=O)Nc2ccc(C(F)(F)F)cc2Cl)=C3C(=O)n2nc(C3=CCOCC3)[nH]2)c1O. The van der Waals surface area contributed by atoms with Crippen molar-refractivity contribution in [2.24, 2.45) is 0 Å². The molecule has 49 heavy (non-hydrogen) atoms. The Kier molecular flexibility index (Phi) is 9.50. The van der Waals surface area contributed by atoms with Gasteiger partial charge in [0.2, 0.25) is 5.91 Å². The zero-order valence-corrected chi connectivity index (χ0v) is 27.0. The molecule has 0 radical (unpaired) electrons. The molecule has 0 atom stereocenters. The highest BCUT2D eigenvalue weighted by molar-refractivity contribution is 6.33. The molecule has 2 amide bonds. The molecule has 6 rings (SSSR count). The Hall–Kier alpha value is -4.74. The number of likely N-dealkylation sites (tertiary alicyclic amines) is 1. The molecule has 1 fully saturated rings. The predicted molar refractivity (Wildman–Crippen MR) is 168 cm³/mol. The van der Waals surface area contributed by atoms with Crippen LogP contribution in [0.15, 0.2) is 41.9 Å². The fourth-order valence-electron chi connectivity index (χ4n) is 6.02. The van der Waals surface area contributed by atoms with Crippen LogP contribution in [0.2, 0.25) is 5.02 Å². The summed E-state index contributed by atoms with van der Waals surface area (Å²) < 4.78 is 50.8. The lowest BCUT2D eigenvalue weighted by molar-refractivity contribution is -0.137. The van der Waals surface area contributed by atoms with E-state index in [1.54, 1.807) is 6.92 Å². The minimum absolute atomic E-state index is 0.00814. The molecule has 1 aromatic carbocycles. The summed E-state index contributed by atoms with van der Waals surface area (Å²) in [5, 5.41) is 23.0. The lowest BCUT2D eigenvalue weighted by Gasteiger charge is -2.45. The van der Waals surface area contributed by atoms with Crippen molar-refractivity contribution in [3.05, 3.63) is 69.7 Å². The molecule has 14 nitrogen and oxygen atoms in total. The number of rotatable bonds is 7. The number of piperidine rings is 1. The largest absolute Gasteiger partial charge is 0.504 e. The number of alkyl halides is 3. The Morgan fingerprint density at radius 3 is 2.55 bits per heavy atom. The fourth-order valence-corrected chi connectivity index (χ4v) is 6.24. The number of aromatic nitrogens is 5. The highest BCUT2D eigenvalue weighted by Crippen LogP contribution is 2.40. The third-order valence-corrected chi connectivity index (χ3v) is 8.99. The van der Waals surface area contributed by atoms with Crippen LogP contribution in [0, 0.1) is 6.92 Å². The van der Waals surface area contributed by atoms with Crippen molar-refractivity contribution in [2.45, 2.75) is 44.4 Å². The molecule has 4 N–H and O–H groups in total. The topological polar surface area (TPSA) is 177 Å². The van der Waals surface area contributed by atoms with Gasteiger partial charge < -0.3 is 30.1 Å². The van der Waals surface area contributed by atoms with Gasteiger partial charge in [-0.15, -0.1) is 9.90 Å². The summed E-state index contributed by atoms with van der Waals surface area (Å²) in [5.41, 5.74) is -0.433. The number of halogens is 4. The van der Waals surface area contributed by atoms with E-state index in [1.807, 2.05) is 6.08 Å². The van der Waals surface area contributed by atoms with Crippen LogP contribution in [0.25, 0.3) is 5.57 Å². The third-order valence-electron chi connectivity index (χ3n) is 8.67. The molecule has 1 saturated heterocycles. The number of anilines is 1. The number of benzene rings is 1. The van der Waals surface area contributed by atoms with Crippen molar-refractivity contribution < 1.29 is 42.1 Å². The van der Waals surface area contributed by atoms with Crippen LogP contribution < -0.4 is 10.6 Å². The lowest BCUT2D eigenvalue weighted by Crippen LogP contribution is -2.54. The summed E-state index contributed by atoms with van der Waals surface area (Å²) in [4.78, 5) is 50.8. The van der Waals surface area contributed by atoms with E-state index in [1.165, 1.54) is 11.2 Å². The number of hydrogen-bond acceptors (Lipinski definition) is 10. The number of H-pyrrole nitrogens is 1. The predicted octanol–water partition coefficient (Wildman–Crippen LogP) is 3.71. The van der Waals surface area contributed by atoms with E-state index >= 15 is 0 Å². The zero-order chi connectivity index (χ0) is 34.9. The minimum atomic E-state index is -4.60. The average Bonchev–Trinajstić information content (AvgIpc) is 3.05. The van der Waals surface area contributed by atoms with Crippen LogP contribution in [-0.2, 0) is 20.4 Å². The van der Waals surface area contributed by atoms with E-state index in [0.717, 1.165) is 28.6 Å². The fraction of sp³-hybridized carbons (Fsp3) is 0.419. The Labute approximate surface area is 282 Å². The van der Waals surface area contributed by atoms with Gasteiger partial charge in [-0.2, -0.15) is 13.2 Å². The number of carbonyl (C=O) groups excluding carboxylic acids is 3. The van der Waals surface area contributed by atoms with Crippen molar-refractivity contribution >= 4 is 40.6 Å². The smallest absolute Gasteiger partial charge is 0.416 e. The minimum Gasteiger partial charge on any atom is -0.504 e. The molecule has 260 valence electrons. The highest BCUT2D eigenvalue weighted by atomic mass is 35.5. The number of amides is 2. The second-order valence-corrected chi connectivity index (χ2v) is 12.1. The van der Waals surface area contributed by atoms with Gasteiger partial charge >= 0.3 is 6.18 Å². The molecular weight excluding hydrogens is 673 g/mol. The molecule has 2 aromatic heterocycles. The number of aromatic hydroxyl groups is 1. The Bertz CT molecular complexity index is 1830. The summed E-state index contributed by atoms with van der Waals surface area (Å²) in [5.74, 6) is -1.40. The number of nitrogens with one attached hydrogen (secondary N) is 3. The first-order chi connectivity index (χ1) is 23.4. The van der Waals surface area contributed by atoms with E-state index < -0.39 is 35.1 Å². The molecular formula is C31H32ClF3N8O6. The van der Waals surface area contributed by atoms with Crippen LogP contribution in [0.5, 0.6) is 5.75 Å². The summed E-state index contributed by atoms with van der Waals surface area (Å²) in [6, 6.07) is 2.60. The van der Waals surface area contributed by atoms with Crippen LogP contribution in [0.1, 0.15) is 58.0 Å². The van der Waals surface area contributed by atoms with Crippen molar-refractivity contribution in [1.29, 1.82) is 0 Å². The summed E-state index contributed by atoms with van der Waals surface area (Å²) in [7, 11) is 0. The molecule has 1 spiro atoms. The number of hydrogen-bond donors (Lipinski definition) is 4. The summed E-state index contributed by atoms with van der Waals surface area (Å²) in [6.07, 6.45) is -0.255. The maximum Gasteiger partial charge on any atom is 0.416 e. The molecule has 18 heteroatoms. The maximum absolute atomic E-state index is 14.1. The monoisotopic (exact) mass is 704 g/mol. The lowest BCUT2D eigenvalue weighted by atomic mass is 9.80. The van der Waals surface area contributed by atoms with E-state index in [4.69, 9.17) is 21.1 Å². The summed E-state index contributed by atoms with van der Waals surface area (Å²) in [6.45, 7) is 2.69. The van der Waals surface area contributed by atoms with Gasteiger partial charge in [-0.3, -0.25) is 19.5 Å². The number of ether oxygens (including phenoxy) is 2. The number of nitrogens with zero attached hydrogens (tertiary/aromatic N) is 5. The van der Waals surface area contributed by atoms with Crippen LogP contribution >= 0.6 is 11.6 Å². The molecule has 0 bridgehead atoms. The number of carbonyl (C=O) groups is 3. The maximum atomic E-state index is 14.1. The Balaban J connectivity index is 1.23. The summed E-state index contributed by atoms with van der Waals surface area (Å²) >= 11 is 6.01. The molecule has 3 aliphatic rings. The van der Waals surface area contributed by atoms with Crippen LogP contribution in [0.3, 0.4) is 0 Å². The molecule has 0 aliphatic carbocycles. The van der Waals surface area contributed by atoms with Gasteiger partial charge in [0.15, 0.2) is 17.3 Å². The standard InChI is InChI=1S/C31H32ClF3N8O6/c1-17-26(45)25(38-16-37-17)29(47)42-9-7-30(8-10-42)24(28(46)43-40-27(41-43)18-4-11-48-12-5-18)22(6-13-49-30)36-15-23(44)39-21-3-2-19(14-20(21)32)31(33,34)35/h2-4,14,16,36,45H,5-13,15H2,1H3,(H,39,44)(H,40,41). The quantitative estimate of drug-likeness (QED) is 0.284. The van der Waals surface area contributed by atoms with Gasteiger partial charge in [0, 0.05) is 25.2 Å². The van der Waals surface area contributed by atoms with Crippen LogP contribution in [0.4, 0.5) is 18.9 Å². The molecule has 0 saturated carbocycles. The molecule has 3 aromatic rings. The van der Waals surface area contributed by atoms with E-state index in [9.17, 15) is 32.7 Å². The average molecular weight is 705 g/mol. The number of aromatic amines is 1. The first-order valence-electron chi connectivity index (χ1n) is 15.4. The highest BCUT2D eigenvalue weighted by Gasteiger charge is 2.48. The van der Waals surface area contributed by atoms with E-state index in [0.29, 0.717) is 31.2 Å². The second-order valence-electron chi connectivity index (χ2n) is 11.7. The van der Waals surface area contributed by atoms with Gasteiger partial charge in [0.25, 0.3) is 11.8 Å². The Morgan fingerprint density at radius 2 is 1.88 bits per heavy atom. The van der Waals surface area contributed by atoms with Crippen molar-refractivity contribution in [2.75, 3.05) is 44.8 Å². The van der Waals surface area contributed by atoms with Gasteiger partial charge in [-0.1, -0.05) is 17.7 Å². The van der Waals surface area contributed by atoms with Crippen molar-refractivity contribution in [3.8, 4) is 5.75 Å². The van der Waals surface area contributed by atoms with Gasteiger partial charge in [0.05, 0.1) is 53.9 Å². The van der Waals surface area contributed by atoms with Crippen molar-refractivity contribution in [3.63, 3.8) is 0 Å². The first-order valence-corrected chi connectivity index (χ1v) is 15.8. The van der Waals surface area contributed by atoms with Gasteiger partial charge in [-0.05, 0) is 50.0 Å². The molecule has 5 heterocycles. The number of aryl methyl sites for hydroxylation is 1. The van der Waals surface area contributed by atoms with E-state index in [2.05, 4.69) is 30.8 Å².